The number of nitrogens with zero attached hydrogens (tertiary/aromatic N) is 3. The topological polar surface area (TPSA) is 39.9 Å². The number of pyridine rings is 1. The zero-order chi connectivity index (χ0) is 26.4. The van der Waals surface area contributed by atoms with E-state index >= 15 is 0 Å². The lowest BCUT2D eigenvalue weighted by atomic mass is 9.77. The smallest absolute Gasteiger partial charge is 0.225 e. The Balaban J connectivity index is 0.00000144. The van der Waals surface area contributed by atoms with Crippen molar-refractivity contribution in [2.45, 2.75) is 64.5 Å². The van der Waals surface area contributed by atoms with Gasteiger partial charge in [0.05, 0.1) is 16.6 Å². The van der Waals surface area contributed by atoms with Crippen LogP contribution in [-0.4, -0.2) is 20.9 Å². The van der Waals surface area contributed by atoms with Crippen LogP contribution in [0, 0.1) is 6.92 Å². The van der Waals surface area contributed by atoms with Crippen LogP contribution in [0.5, 0.6) is 5.88 Å². The van der Waals surface area contributed by atoms with Gasteiger partial charge >= 0.3 is 0 Å². The van der Waals surface area contributed by atoms with Crippen molar-refractivity contribution < 1.29 is 4.74 Å². The minimum absolute atomic E-state index is 0.224. The molecule has 0 aliphatic heterocycles. The van der Waals surface area contributed by atoms with Gasteiger partial charge in [-0.2, -0.15) is 5.10 Å². The molecule has 4 nitrogen and oxygen atoms in total. The van der Waals surface area contributed by atoms with E-state index in [1.165, 1.54) is 19.3 Å². The van der Waals surface area contributed by atoms with E-state index in [1.54, 1.807) is 0 Å². The van der Waals surface area contributed by atoms with E-state index in [4.69, 9.17) is 14.8 Å². The maximum atomic E-state index is 6.53. The fourth-order valence-corrected chi connectivity index (χ4v) is 5.79. The van der Waals surface area contributed by atoms with Gasteiger partial charge in [-0.3, -0.25) is 0 Å². The third-order valence-corrected chi connectivity index (χ3v) is 7.46. The van der Waals surface area contributed by atoms with Crippen molar-refractivity contribution >= 4 is 10.9 Å². The van der Waals surface area contributed by atoms with Crippen molar-refractivity contribution in [1.82, 2.24) is 14.8 Å². The average Bonchev–Trinajstić information content (AvgIpc) is 3.34. The predicted molar refractivity (Wildman–Crippen MR) is 156 cm³/mol. The summed E-state index contributed by atoms with van der Waals surface area (Å²) in [7, 11) is 0. The summed E-state index contributed by atoms with van der Waals surface area (Å²) in [6.45, 7) is 6.07. The largest absolute Gasteiger partial charge is 0.474 e. The lowest BCUT2D eigenvalue weighted by Crippen LogP contribution is -2.38. The zero-order valence-corrected chi connectivity index (χ0v) is 22.7. The third-order valence-electron chi connectivity index (χ3n) is 7.46. The molecule has 0 bridgehead atoms. The Bertz CT molecular complexity index is 1340. The molecule has 0 amide bonds. The van der Waals surface area contributed by atoms with Crippen LogP contribution >= 0.6 is 0 Å². The van der Waals surface area contributed by atoms with Gasteiger partial charge in [0, 0.05) is 6.20 Å². The van der Waals surface area contributed by atoms with Crippen molar-refractivity contribution in [3.8, 4) is 5.88 Å². The Morgan fingerprint density at radius 1 is 0.711 bits per heavy atom. The molecule has 38 heavy (non-hydrogen) atoms. The Hall–Kier alpha value is -3.92. The molecule has 1 aliphatic rings. The van der Waals surface area contributed by atoms with E-state index in [2.05, 4.69) is 109 Å². The molecule has 2 aromatic heterocycles. The van der Waals surface area contributed by atoms with Gasteiger partial charge in [-0.1, -0.05) is 111 Å². The highest BCUT2D eigenvalue weighted by Crippen LogP contribution is 2.43. The van der Waals surface area contributed by atoms with Gasteiger partial charge in [0.2, 0.25) is 5.88 Å². The van der Waals surface area contributed by atoms with Crippen LogP contribution in [0.4, 0.5) is 0 Å². The monoisotopic (exact) mass is 503 g/mol. The first-order chi connectivity index (χ1) is 18.8. The van der Waals surface area contributed by atoms with Crippen LogP contribution in [-0.2, 0) is 5.54 Å². The lowest BCUT2D eigenvalue weighted by molar-refractivity contribution is 0.151. The Morgan fingerprint density at radius 3 is 1.71 bits per heavy atom. The van der Waals surface area contributed by atoms with Crippen LogP contribution in [0.1, 0.15) is 68.3 Å². The van der Waals surface area contributed by atoms with E-state index in [1.807, 2.05) is 20.0 Å². The second-order valence-electron chi connectivity index (χ2n) is 9.69. The van der Waals surface area contributed by atoms with Gasteiger partial charge < -0.3 is 4.74 Å². The highest BCUT2D eigenvalue weighted by atomic mass is 16.5. The second kappa shape index (κ2) is 11.6. The molecule has 1 fully saturated rings. The minimum atomic E-state index is -0.667. The molecular formula is C34H37N3O. The van der Waals surface area contributed by atoms with Crippen molar-refractivity contribution in [2.75, 3.05) is 0 Å². The lowest BCUT2D eigenvalue weighted by Gasteiger charge is -2.37. The zero-order valence-electron chi connectivity index (χ0n) is 22.7. The molecule has 1 saturated carbocycles. The molecule has 5 aromatic rings. The molecule has 3 aromatic carbocycles. The van der Waals surface area contributed by atoms with Crippen LogP contribution < -0.4 is 4.74 Å². The highest BCUT2D eigenvalue weighted by Gasteiger charge is 2.41. The molecule has 0 radical (unpaired) electrons. The molecule has 6 rings (SSSR count). The summed E-state index contributed by atoms with van der Waals surface area (Å²) in [4.78, 5) is 4.70. The Kier molecular flexibility index (Phi) is 7.88. The molecule has 0 spiro atoms. The molecule has 0 N–H and O–H groups in total. The maximum Gasteiger partial charge on any atom is 0.225 e. The first kappa shape index (κ1) is 25.7. The first-order valence-electron chi connectivity index (χ1n) is 14.0. The van der Waals surface area contributed by atoms with Gasteiger partial charge in [-0.25, -0.2) is 9.67 Å². The number of aryl methyl sites for hydroxylation is 1. The van der Waals surface area contributed by atoms with E-state index in [0.29, 0.717) is 5.88 Å². The fraction of sp³-hybridized carbons (Fsp3) is 0.294. The number of ether oxygens (including phenoxy) is 1. The van der Waals surface area contributed by atoms with E-state index in [9.17, 15) is 0 Å². The number of hydrogen-bond acceptors (Lipinski definition) is 3. The number of aromatic nitrogens is 3. The number of rotatable bonds is 6. The van der Waals surface area contributed by atoms with Crippen LogP contribution in [0.2, 0.25) is 0 Å². The number of fused-ring (bicyclic) bond motifs is 1. The van der Waals surface area contributed by atoms with Gasteiger partial charge in [0.1, 0.15) is 11.6 Å². The molecule has 1 aliphatic carbocycles. The van der Waals surface area contributed by atoms with E-state index < -0.39 is 5.54 Å². The van der Waals surface area contributed by atoms with E-state index in [0.717, 1.165) is 46.1 Å². The summed E-state index contributed by atoms with van der Waals surface area (Å²) in [6.07, 6.45) is 8.00. The van der Waals surface area contributed by atoms with Crippen LogP contribution in [0.25, 0.3) is 10.9 Å². The molecular weight excluding hydrogens is 466 g/mol. The maximum absolute atomic E-state index is 6.53. The normalized spacial score (nSPS) is 14.1. The standard InChI is InChI=1S/C32H31N3O.C2H6/c1-24-30-29(22-23-33-31(30)36-28-20-12-5-13-21-28)35(34-24)32(25-14-6-2-7-15-25,26-16-8-3-9-17-26)27-18-10-4-11-19-27;1-2/h2-4,6-11,14-19,22-23,28H,5,12-13,20-21H2,1H3;1-2H3. The second-order valence-corrected chi connectivity index (χ2v) is 9.69. The summed E-state index contributed by atoms with van der Waals surface area (Å²) < 4.78 is 8.72. The van der Waals surface area contributed by atoms with Crippen molar-refractivity contribution in [3.05, 3.63) is 126 Å². The molecule has 194 valence electrons. The molecule has 0 unspecified atom stereocenters. The summed E-state index contributed by atoms with van der Waals surface area (Å²) in [6, 6.07) is 34.1. The summed E-state index contributed by atoms with van der Waals surface area (Å²) in [5, 5.41) is 6.24. The van der Waals surface area contributed by atoms with Crippen LogP contribution in [0.3, 0.4) is 0 Å². The molecule has 2 heterocycles. The van der Waals surface area contributed by atoms with Gasteiger partial charge in [0.25, 0.3) is 0 Å². The molecule has 4 heteroatoms. The van der Waals surface area contributed by atoms with E-state index in [-0.39, 0.29) is 6.10 Å². The minimum Gasteiger partial charge on any atom is -0.474 e. The SMILES string of the molecule is CC.Cc1nn(C(c2ccccc2)(c2ccccc2)c2ccccc2)c2ccnc(OC3CCCCC3)c12. The summed E-state index contributed by atoms with van der Waals surface area (Å²) in [5.41, 5.74) is 4.73. The van der Waals surface area contributed by atoms with Gasteiger partial charge in [-0.15, -0.1) is 0 Å². The quantitative estimate of drug-likeness (QED) is 0.219. The third kappa shape index (κ3) is 4.60. The molecule has 0 atom stereocenters. The molecule has 0 saturated heterocycles. The Morgan fingerprint density at radius 2 is 1.21 bits per heavy atom. The number of benzene rings is 3. The Labute approximate surface area is 226 Å². The van der Waals surface area contributed by atoms with Crippen molar-refractivity contribution in [1.29, 1.82) is 0 Å². The summed E-state index contributed by atoms with van der Waals surface area (Å²) >= 11 is 0. The number of hydrogen-bond donors (Lipinski definition) is 0. The fourth-order valence-electron chi connectivity index (χ4n) is 5.79. The first-order valence-corrected chi connectivity index (χ1v) is 14.0. The van der Waals surface area contributed by atoms with Crippen molar-refractivity contribution in [3.63, 3.8) is 0 Å². The highest BCUT2D eigenvalue weighted by molar-refractivity contribution is 5.87. The average molecular weight is 504 g/mol. The van der Waals surface area contributed by atoms with Crippen molar-refractivity contribution in [2.24, 2.45) is 0 Å². The van der Waals surface area contributed by atoms with Crippen LogP contribution in [0.15, 0.2) is 103 Å². The van der Waals surface area contributed by atoms with Gasteiger partial charge in [0.15, 0.2) is 0 Å². The van der Waals surface area contributed by atoms with Gasteiger partial charge in [-0.05, 0) is 55.4 Å². The predicted octanol–water partition coefficient (Wildman–Crippen LogP) is 8.32. The summed E-state index contributed by atoms with van der Waals surface area (Å²) in [5.74, 6) is 0.700.